The van der Waals surface area contributed by atoms with Gasteiger partial charge in [-0.3, -0.25) is 0 Å². The Morgan fingerprint density at radius 1 is 1.08 bits per heavy atom. The summed E-state index contributed by atoms with van der Waals surface area (Å²) in [5, 5.41) is 13.1. The van der Waals surface area contributed by atoms with Crippen LogP contribution in [0.15, 0.2) is 48.9 Å². The van der Waals surface area contributed by atoms with E-state index in [-0.39, 0.29) is 34.3 Å². The number of rotatable bonds is 5. The Labute approximate surface area is 218 Å². The standard InChI is InChI=1S/C27H27F3N8/c1-17(18-4-6-21(7-5-18)38-9-3-8-37(2)10-11-38)35-26-34-14-19(13-31)24(36-26)23-16-33-25-22(23)12-20(15-32-25)27(28,29)30/h4-7,12,14-17H,3,8-11H2,1-2H3,(H,32,33)(H,34,35,36). The van der Waals surface area contributed by atoms with E-state index in [4.69, 9.17) is 0 Å². The molecular formula is C27H27F3N8. The highest BCUT2D eigenvalue weighted by atomic mass is 19.4. The molecule has 4 aromatic rings. The molecule has 1 aliphatic heterocycles. The van der Waals surface area contributed by atoms with Gasteiger partial charge in [0.15, 0.2) is 0 Å². The molecule has 1 atom stereocenters. The molecule has 38 heavy (non-hydrogen) atoms. The predicted octanol–water partition coefficient (Wildman–Crippen LogP) is 5.23. The second kappa shape index (κ2) is 10.3. The molecule has 0 bridgehead atoms. The number of H-pyrrole nitrogens is 1. The SMILES string of the molecule is CC(Nc1ncc(C#N)c(-c2c[nH]c3ncc(C(F)(F)F)cc23)n1)c1ccc(N2CCCN(C)CC2)cc1. The number of anilines is 2. The molecule has 1 saturated heterocycles. The summed E-state index contributed by atoms with van der Waals surface area (Å²) in [5.74, 6) is 0.264. The molecule has 0 spiro atoms. The Morgan fingerprint density at radius 2 is 1.87 bits per heavy atom. The minimum absolute atomic E-state index is 0.147. The van der Waals surface area contributed by atoms with Gasteiger partial charge in [-0.25, -0.2) is 15.0 Å². The fraction of sp³-hybridized carbons (Fsp3) is 0.333. The van der Waals surface area contributed by atoms with Gasteiger partial charge in [0.2, 0.25) is 5.95 Å². The van der Waals surface area contributed by atoms with Gasteiger partial charge in [0.05, 0.1) is 29.1 Å². The fourth-order valence-corrected chi connectivity index (χ4v) is 4.65. The number of benzene rings is 1. The Morgan fingerprint density at radius 3 is 2.61 bits per heavy atom. The van der Waals surface area contributed by atoms with Crippen molar-refractivity contribution in [3.05, 3.63) is 65.6 Å². The molecule has 1 aliphatic rings. The van der Waals surface area contributed by atoms with Crippen molar-refractivity contribution in [3.8, 4) is 17.3 Å². The molecule has 0 aliphatic carbocycles. The first-order chi connectivity index (χ1) is 18.2. The molecule has 0 radical (unpaired) electrons. The highest BCUT2D eigenvalue weighted by Gasteiger charge is 2.31. The average Bonchev–Trinajstić information content (AvgIpc) is 3.21. The van der Waals surface area contributed by atoms with Crippen LogP contribution in [0.1, 0.15) is 36.1 Å². The minimum Gasteiger partial charge on any atom is -0.370 e. The lowest BCUT2D eigenvalue weighted by Crippen LogP contribution is -2.28. The van der Waals surface area contributed by atoms with E-state index in [2.05, 4.69) is 66.4 Å². The van der Waals surface area contributed by atoms with Crippen LogP contribution in [-0.2, 0) is 6.18 Å². The number of hydrogen-bond acceptors (Lipinski definition) is 7. The van der Waals surface area contributed by atoms with E-state index in [1.165, 1.54) is 18.1 Å². The number of halogens is 3. The van der Waals surface area contributed by atoms with Crippen LogP contribution >= 0.6 is 0 Å². The summed E-state index contributed by atoms with van der Waals surface area (Å²) in [5.41, 5.74) is 2.33. The van der Waals surface area contributed by atoms with Crippen molar-refractivity contribution < 1.29 is 13.2 Å². The first kappa shape index (κ1) is 25.5. The van der Waals surface area contributed by atoms with Gasteiger partial charge in [0, 0.05) is 48.7 Å². The summed E-state index contributed by atoms with van der Waals surface area (Å²) in [6.07, 6.45) is 0.239. The maximum absolute atomic E-state index is 13.3. The summed E-state index contributed by atoms with van der Waals surface area (Å²) < 4.78 is 39.9. The van der Waals surface area contributed by atoms with Crippen LogP contribution in [0.4, 0.5) is 24.8 Å². The van der Waals surface area contributed by atoms with Crippen molar-refractivity contribution in [2.75, 3.05) is 43.4 Å². The topological polar surface area (TPSA) is 96.8 Å². The zero-order valence-corrected chi connectivity index (χ0v) is 21.0. The van der Waals surface area contributed by atoms with Crippen LogP contribution in [0, 0.1) is 11.3 Å². The van der Waals surface area contributed by atoms with Crippen molar-refractivity contribution in [2.24, 2.45) is 0 Å². The van der Waals surface area contributed by atoms with Gasteiger partial charge in [-0.1, -0.05) is 12.1 Å². The number of aromatic nitrogens is 4. The molecule has 1 aromatic carbocycles. The van der Waals surface area contributed by atoms with Crippen LogP contribution in [0.2, 0.25) is 0 Å². The summed E-state index contributed by atoms with van der Waals surface area (Å²) in [6.45, 7) is 6.11. The van der Waals surface area contributed by atoms with Crippen molar-refractivity contribution in [1.82, 2.24) is 24.8 Å². The summed E-state index contributed by atoms with van der Waals surface area (Å²) >= 11 is 0. The zero-order valence-electron chi connectivity index (χ0n) is 21.0. The van der Waals surface area contributed by atoms with Crippen LogP contribution in [0.5, 0.6) is 0 Å². The molecule has 1 fully saturated rings. The third-order valence-corrected chi connectivity index (χ3v) is 6.85. The smallest absolute Gasteiger partial charge is 0.370 e. The van der Waals surface area contributed by atoms with E-state index in [1.54, 1.807) is 0 Å². The Kier molecular flexibility index (Phi) is 6.91. The molecule has 3 aromatic heterocycles. The molecule has 1 unspecified atom stereocenters. The van der Waals surface area contributed by atoms with Gasteiger partial charge in [-0.2, -0.15) is 18.4 Å². The largest absolute Gasteiger partial charge is 0.417 e. The van der Waals surface area contributed by atoms with Gasteiger partial charge in [0.1, 0.15) is 11.7 Å². The number of aromatic amines is 1. The second-order valence-corrected chi connectivity index (χ2v) is 9.49. The highest BCUT2D eigenvalue weighted by molar-refractivity contribution is 5.94. The summed E-state index contributed by atoms with van der Waals surface area (Å²) in [6, 6.07) is 11.2. The maximum Gasteiger partial charge on any atom is 0.417 e. The molecule has 196 valence electrons. The maximum atomic E-state index is 13.3. The number of nitrogens with one attached hydrogen (secondary N) is 2. The van der Waals surface area contributed by atoms with E-state index >= 15 is 0 Å². The van der Waals surface area contributed by atoms with Crippen molar-refractivity contribution in [2.45, 2.75) is 25.6 Å². The number of likely N-dealkylation sites (N-methyl/N-ethyl adjacent to an activating group) is 1. The van der Waals surface area contributed by atoms with Crippen LogP contribution in [0.3, 0.4) is 0 Å². The summed E-state index contributed by atoms with van der Waals surface area (Å²) in [7, 11) is 2.14. The fourth-order valence-electron chi connectivity index (χ4n) is 4.65. The molecule has 11 heteroatoms. The van der Waals surface area contributed by atoms with E-state index in [0.29, 0.717) is 5.56 Å². The van der Waals surface area contributed by atoms with Gasteiger partial charge in [-0.15, -0.1) is 0 Å². The van der Waals surface area contributed by atoms with Crippen molar-refractivity contribution in [1.29, 1.82) is 5.26 Å². The average molecular weight is 521 g/mol. The lowest BCUT2D eigenvalue weighted by Gasteiger charge is -2.23. The Hall–Kier alpha value is -4.17. The van der Waals surface area contributed by atoms with Crippen molar-refractivity contribution in [3.63, 3.8) is 0 Å². The third-order valence-electron chi connectivity index (χ3n) is 6.85. The quantitative estimate of drug-likeness (QED) is 0.372. The van der Waals surface area contributed by atoms with Crippen LogP contribution in [0.25, 0.3) is 22.3 Å². The monoisotopic (exact) mass is 520 g/mol. The number of fused-ring (bicyclic) bond motifs is 1. The third kappa shape index (κ3) is 5.26. The lowest BCUT2D eigenvalue weighted by molar-refractivity contribution is -0.137. The number of alkyl halides is 3. The van der Waals surface area contributed by atoms with Crippen LogP contribution in [-0.4, -0.2) is 58.1 Å². The highest BCUT2D eigenvalue weighted by Crippen LogP contribution is 2.35. The van der Waals surface area contributed by atoms with E-state index < -0.39 is 11.7 Å². The van der Waals surface area contributed by atoms with Crippen LogP contribution < -0.4 is 10.2 Å². The van der Waals surface area contributed by atoms with Gasteiger partial charge in [-0.05, 0) is 50.7 Å². The lowest BCUT2D eigenvalue weighted by atomic mass is 10.1. The Bertz CT molecular complexity index is 1470. The predicted molar refractivity (Wildman–Crippen MR) is 140 cm³/mol. The molecular weight excluding hydrogens is 493 g/mol. The second-order valence-electron chi connectivity index (χ2n) is 9.49. The van der Waals surface area contributed by atoms with E-state index in [9.17, 15) is 18.4 Å². The first-order valence-corrected chi connectivity index (χ1v) is 12.3. The molecule has 0 amide bonds. The van der Waals surface area contributed by atoms with Gasteiger partial charge in [0.25, 0.3) is 0 Å². The number of nitriles is 1. The zero-order chi connectivity index (χ0) is 26.9. The van der Waals surface area contributed by atoms with Gasteiger partial charge < -0.3 is 20.1 Å². The first-order valence-electron chi connectivity index (χ1n) is 12.3. The number of hydrogen-bond donors (Lipinski definition) is 2. The normalized spacial score (nSPS) is 15.7. The molecule has 2 N–H and O–H groups in total. The molecule has 8 nitrogen and oxygen atoms in total. The summed E-state index contributed by atoms with van der Waals surface area (Å²) in [4.78, 5) is 20.3. The molecule has 4 heterocycles. The van der Waals surface area contributed by atoms with Crippen molar-refractivity contribution >= 4 is 22.7 Å². The minimum atomic E-state index is -4.54. The number of nitrogens with zero attached hydrogens (tertiary/aromatic N) is 6. The van der Waals surface area contributed by atoms with E-state index in [0.717, 1.165) is 50.4 Å². The molecule has 0 saturated carbocycles. The van der Waals surface area contributed by atoms with E-state index in [1.807, 2.05) is 13.0 Å². The number of pyridine rings is 1. The Balaban J connectivity index is 1.39. The van der Waals surface area contributed by atoms with Gasteiger partial charge >= 0.3 is 6.18 Å². The molecule has 5 rings (SSSR count).